The van der Waals surface area contributed by atoms with Gasteiger partial charge in [0.1, 0.15) is 10.6 Å². The maximum atomic E-state index is 13.0. The number of carbonyl (C=O) groups excluding carboxylic acids is 1. The summed E-state index contributed by atoms with van der Waals surface area (Å²) in [5.74, 6) is -1.00. The summed E-state index contributed by atoms with van der Waals surface area (Å²) >= 11 is 0. The molecule has 2 aromatic rings. The predicted molar refractivity (Wildman–Crippen MR) is 98.8 cm³/mol. The number of aryl methyl sites for hydroxylation is 1. The highest BCUT2D eigenvalue weighted by Gasteiger charge is 2.41. The number of carboxylic acids is 1. The Morgan fingerprint density at radius 2 is 1.78 bits per heavy atom. The lowest BCUT2D eigenvalue weighted by Crippen LogP contribution is -2.49. The summed E-state index contributed by atoms with van der Waals surface area (Å²) in [7, 11) is -2.68. The lowest BCUT2D eigenvalue weighted by Gasteiger charge is -2.34. The molecule has 1 heterocycles. The predicted octanol–water partition coefficient (Wildman–Crippen LogP) is 2.61. The molecule has 27 heavy (non-hydrogen) atoms. The molecule has 1 N–H and O–H groups in total. The van der Waals surface area contributed by atoms with Gasteiger partial charge in [-0.2, -0.15) is 4.31 Å². The highest BCUT2D eigenvalue weighted by atomic mass is 32.2. The maximum absolute atomic E-state index is 13.0. The van der Waals surface area contributed by atoms with Crippen molar-refractivity contribution in [3.05, 3.63) is 48.0 Å². The Bertz CT molecular complexity index is 1020. The van der Waals surface area contributed by atoms with Gasteiger partial charge in [-0.25, -0.2) is 18.0 Å². The van der Waals surface area contributed by atoms with E-state index in [4.69, 9.17) is 9.84 Å². The van der Waals surface area contributed by atoms with Gasteiger partial charge in [0.2, 0.25) is 0 Å². The molecule has 2 amide bonds. The maximum Gasteiger partial charge on any atom is 0.344 e. The average molecular weight is 390 g/mol. The first kappa shape index (κ1) is 18.7. The van der Waals surface area contributed by atoms with Crippen molar-refractivity contribution < 1.29 is 27.9 Å². The van der Waals surface area contributed by atoms with E-state index >= 15 is 0 Å². The molecule has 1 unspecified atom stereocenters. The summed E-state index contributed by atoms with van der Waals surface area (Å²) in [6.45, 7) is 3.21. The molecule has 0 radical (unpaired) electrons. The molecular formula is C18H18N2O6S. The monoisotopic (exact) mass is 390 g/mol. The Kier molecular flexibility index (Phi) is 4.56. The van der Waals surface area contributed by atoms with Crippen LogP contribution in [-0.4, -0.2) is 38.7 Å². The van der Waals surface area contributed by atoms with Gasteiger partial charge in [-0.3, -0.25) is 4.90 Å². The molecule has 0 spiro atoms. The number of urea groups is 1. The van der Waals surface area contributed by atoms with E-state index in [9.17, 15) is 18.0 Å². The van der Waals surface area contributed by atoms with Crippen LogP contribution < -0.4 is 13.9 Å². The topological polar surface area (TPSA) is 104 Å². The molecule has 8 nitrogen and oxygen atoms in total. The first-order chi connectivity index (χ1) is 12.6. The number of benzene rings is 2. The first-order valence-corrected chi connectivity index (χ1v) is 9.50. The third-order valence-corrected chi connectivity index (χ3v) is 5.95. The molecule has 0 bridgehead atoms. The number of carbonyl (C=O) groups is 2. The molecule has 9 heteroatoms. The Hall–Kier alpha value is -3.07. The van der Waals surface area contributed by atoms with Crippen LogP contribution in [0, 0.1) is 6.92 Å². The number of aliphatic carboxylic acids is 1. The van der Waals surface area contributed by atoms with Crippen LogP contribution in [0.4, 0.5) is 16.2 Å². The second-order valence-corrected chi connectivity index (χ2v) is 7.93. The number of amides is 2. The quantitative estimate of drug-likeness (QED) is 0.861. The van der Waals surface area contributed by atoms with E-state index in [0.29, 0.717) is 0 Å². The molecule has 2 aromatic carbocycles. The van der Waals surface area contributed by atoms with Crippen LogP contribution in [0.25, 0.3) is 0 Å². The lowest BCUT2D eigenvalue weighted by molar-refractivity contribution is -0.144. The molecule has 1 atom stereocenters. The standard InChI is InChI=1S/C18H18N2O6S/c1-11-4-6-13(7-5-11)20-18(23)19(3)15-10-14(26-12(2)17(21)22)8-9-16(15)27(20,24)25/h4-10,12H,1-3H3,(H,21,22). The van der Waals surface area contributed by atoms with Gasteiger partial charge in [0.25, 0.3) is 10.0 Å². The summed E-state index contributed by atoms with van der Waals surface area (Å²) in [4.78, 5) is 24.8. The number of hydrogen-bond donors (Lipinski definition) is 1. The molecule has 0 aliphatic carbocycles. The smallest absolute Gasteiger partial charge is 0.344 e. The van der Waals surface area contributed by atoms with Gasteiger partial charge < -0.3 is 9.84 Å². The fourth-order valence-corrected chi connectivity index (χ4v) is 4.30. The molecule has 0 saturated heterocycles. The van der Waals surface area contributed by atoms with E-state index < -0.39 is 28.1 Å². The second kappa shape index (κ2) is 6.58. The Morgan fingerprint density at radius 3 is 2.37 bits per heavy atom. The molecular weight excluding hydrogens is 372 g/mol. The molecule has 142 valence electrons. The molecule has 0 aromatic heterocycles. The van der Waals surface area contributed by atoms with Gasteiger partial charge in [-0.15, -0.1) is 0 Å². The van der Waals surface area contributed by atoms with Crippen LogP contribution in [0.5, 0.6) is 5.75 Å². The highest BCUT2D eigenvalue weighted by Crippen LogP contribution is 2.38. The van der Waals surface area contributed by atoms with Crippen molar-refractivity contribution in [2.24, 2.45) is 0 Å². The van der Waals surface area contributed by atoms with Gasteiger partial charge >= 0.3 is 12.0 Å². The van der Waals surface area contributed by atoms with Gasteiger partial charge in [0.15, 0.2) is 6.10 Å². The summed E-state index contributed by atoms with van der Waals surface area (Å²) in [6, 6.07) is 9.85. The first-order valence-electron chi connectivity index (χ1n) is 8.06. The zero-order chi connectivity index (χ0) is 19.9. The molecule has 1 aliphatic rings. The largest absolute Gasteiger partial charge is 0.479 e. The Balaban J connectivity index is 2.08. The molecule has 1 aliphatic heterocycles. The highest BCUT2D eigenvalue weighted by molar-refractivity contribution is 7.94. The summed E-state index contributed by atoms with van der Waals surface area (Å²) in [5, 5.41) is 8.95. The molecule has 0 fully saturated rings. The van der Waals surface area contributed by atoms with Crippen molar-refractivity contribution in [3.8, 4) is 5.75 Å². The van der Waals surface area contributed by atoms with Crippen molar-refractivity contribution in [1.82, 2.24) is 0 Å². The van der Waals surface area contributed by atoms with Crippen LogP contribution in [0.2, 0.25) is 0 Å². The number of nitrogens with zero attached hydrogens (tertiary/aromatic N) is 2. The number of hydrogen-bond acceptors (Lipinski definition) is 5. The molecule has 3 rings (SSSR count). The zero-order valence-corrected chi connectivity index (χ0v) is 15.7. The third kappa shape index (κ3) is 3.21. The number of rotatable bonds is 4. The second-order valence-electron chi connectivity index (χ2n) is 6.17. The van der Waals surface area contributed by atoms with Crippen molar-refractivity contribution in [2.45, 2.75) is 24.8 Å². The number of carboxylic acid groups (broad SMARTS) is 1. The Morgan fingerprint density at radius 1 is 1.15 bits per heavy atom. The molecule has 0 saturated carbocycles. The van der Waals surface area contributed by atoms with Crippen molar-refractivity contribution in [1.29, 1.82) is 0 Å². The van der Waals surface area contributed by atoms with E-state index in [0.717, 1.165) is 9.87 Å². The number of fused-ring (bicyclic) bond motifs is 1. The van der Waals surface area contributed by atoms with E-state index in [1.165, 1.54) is 37.1 Å². The van der Waals surface area contributed by atoms with Crippen LogP contribution >= 0.6 is 0 Å². The fraction of sp³-hybridized carbons (Fsp3) is 0.222. The normalized spacial score (nSPS) is 16.6. The van der Waals surface area contributed by atoms with Crippen molar-refractivity contribution >= 4 is 33.4 Å². The number of ether oxygens (including phenoxy) is 1. The van der Waals surface area contributed by atoms with Crippen molar-refractivity contribution in [3.63, 3.8) is 0 Å². The summed E-state index contributed by atoms with van der Waals surface area (Å²) < 4.78 is 32.1. The average Bonchev–Trinajstić information content (AvgIpc) is 2.61. The van der Waals surface area contributed by atoms with Crippen LogP contribution in [0.3, 0.4) is 0 Å². The summed E-state index contributed by atoms with van der Waals surface area (Å²) in [6.07, 6.45) is -1.12. The minimum atomic E-state index is -4.12. The van der Waals surface area contributed by atoms with Gasteiger partial charge in [-0.05, 0) is 38.1 Å². The zero-order valence-electron chi connectivity index (χ0n) is 14.9. The number of anilines is 2. The van der Waals surface area contributed by atoms with E-state index in [2.05, 4.69) is 0 Å². The van der Waals surface area contributed by atoms with Gasteiger partial charge in [0, 0.05) is 13.1 Å². The van der Waals surface area contributed by atoms with E-state index in [-0.39, 0.29) is 22.0 Å². The number of sulfonamides is 1. The third-order valence-electron chi connectivity index (χ3n) is 4.20. The Labute approximate surface area is 156 Å². The van der Waals surface area contributed by atoms with Crippen LogP contribution in [-0.2, 0) is 14.8 Å². The van der Waals surface area contributed by atoms with E-state index in [1.54, 1.807) is 24.3 Å². The SMILES string of the molecule is Cc1ccc(N2C(=O)N(C)c3cc(OC(C)C(=O)O)ccc3S2(=O)=O)cc1. The summed E-state index contributed by atoms with van der Waals surface area (Å²) in [5.41, 5.74) is 1.30. The van der Waals surface area contributed by atoms with Crippen LogP contribution in [0.15, 0.2) is 47.4 Å². The van der Waals surface area contributed by atoms with Gasteiger partial charge in [0.05, 0.1) is 11.4 Å². The fourth-order valence-electron chi connectivity index (χ4n) is 2.68. The van der Waals surface area contributed by atoms with Gasteiger partial charge in [-0.1, -0.05) is 17.7 Å². The van der Waals surface area contributed by atoms with Crippen LogP contribution in [0.1, 0.15) is 12.5 Å². The lowest BCUT2D eigenvalue weighted by atomic mass is 10.2. The minimum Gasteiger partial charge on any atom is -0.479 e. The van der Waals surface area contributed by atoms with Crippen molar-refractivity contribution in [2.75, 3.05) is 16.3 Å². The van der Waals surface area contributed by atoms with E-state index in [1.807, 2.05) is 6.92 Å². The minimum absolute atomic E-state index is 0.0690.